The van der Waals surface area contributed by atoms with Gasteiger partial charge in [0.25, 0.3) is 0 Å². The Kier molecular flexibility index (Phi) is 4.40. The van der Waals surface area contributed by atoms with E-state index in [0.29, 0.717) is 0 Å². The van der Waals surface area contributed by atoms with Crippen molar-refractivity contribution in [2.24, 2.45) is 7.05 Å². The van der Waals surface area contributed by atoms with Crippen molar-refractivity contribution in [3.8, 4) is 11.5 Å². The van der Waals surface area contributed by atoms with Crippen LogP contribution in [0.1, 0.15) is 17.7 Å². The number of aryl methyl sites for hydroxylation is 1. The Labute approximate surface area is 124 Å². The van der Waals surface area contributed by atoms with E-state index in [-0.39, 0.29) is 0 Å². The van der Waals surface area contributed by atoms with Crippen LogP contribution in [0.5, 0.6) is 11.5 Å². The molecule has 0 spiro atoms. The quantitative estimate of drug-likeness (QED) is 0.854. The highest BCUT2D eigenvalue weighted by atomic mass is 16.5. The fourth-order valence-corrected chi connectivity index (χ4v) is 2.43. The number of hydrogen-bond donors (Lipinski definition) is 1. The largest absolute Gasteiger partial charge is 0.490 e. The van der Waals surface area contributed by atoms with Crippen LogP contribution in [0.15, 0.2) is 30.5 Å². The first-order valence-corrected chi connectivity index (χ1v) is 7.39. The molecule has 0 radical (unpaired) electrons. The molecule has 2 heterocycles. The third kappa shape index (κ3) is 3.55. The van der Waals surface area contributed by atoms with Crippen LogP contribution in [-0.2, 0) is 20.0 Å². The molecule has 1 aromatic carbocycles. The SMILES string of the molecule is Cn1ccc(CCNCc2cccc3c2OCCCO3)n1. The molecule has 1 aliphatic heterocycles. The van der Waals surface area contributed by atoms with Gasteiger partial charge in [-0.3, -0.25) is 4.68 Å². The van der Waals surface area contributed by atoms with Crippen LogP contribution in [0.2, 0.25) is 0 Å². The number of rotatable bonds is 5. The lowest BCUT2D eigenvalue weighted by Crippen LogP contribution is -2.17. The lowest BCUT2D eigenvalue weighted by Gasteiger charge is -2.12. The number of hydrogen-bond acceptors (Lipinski definition) is 4. The van der Waals surface area contributed by atoms with Crippen molar-refractivity contribution in [1.29, 1.82) is 0 Å². The van der Waals surface area contributed by atoms with Gasteiger partial charge in [-0.2, -0.15) is 5.10 Å². The second-order valence-corrected chi connectivity index (χ2v) is 5.20. The van der Waals surface area contributed by atoms with Gasteiger partial charge in [0.1, 0.15) is 0 Å². The molecule has 1 aliphatic rings. The molecule has 0 saturated carbocycles. The minimum atomic E-state index is 0.720. The topological polar surface area (TPSA) is 48.3 Å². The summed E-state index contributed by atoms with van der Waals surface area (Å²) in [6, 6.07) is 8.12. The van der Waals surface area contributed by atoms with Crippen molar-refractivity contribution < 1.29 is 9.47 Å². The van der Waals surface area contributed by atoms with Crippen molar-refractivity contribution in [2.45, 2.75) is 19.4 Å². The van der Waals surface area contributed by atoms with Crippen LogP contribution in [0.4, 0.5) is 0 Å². The fourth-order valence-electron chi connectivity index (χ4n) is 2.43. The summed E-state index contributed by atoms with van der Waals surface area (Å²) in [7, 11) is 1.94. The van der Waals surface area contributed by atoms with Gasteiger partial charge < -0.3 is 14.8 Å². The van der Waals surface area contributed by atoms with Gasteiger partial charge in [-0.1, -0.05) is 12.1 Å². The Balaban J connectivity index is 1.55. The summed E-state index contributed by atoms with van der Waals surface area (Å²) >= 11 is 0. The van der Waals surface area contributed by atoms with Crippen molar-refractivity contribution in [2.75, 3.05) is 19.8 Å². The first-order valence-electron chi connectivity index (χ1n) is 7.39. The molecule has 0 aliphatic carbocycles. The molecule has 1 aromatic heterocycles. The summed E-state index contributed by atoms with van der Waals surface area (Å²) in [5, 5.41) is 7.81. The Bertz CT molecular complexity index is 595. The standard InChI is InChI=1S/C16H21N3O2/c1-19-9-7-14(18-19)6-8-17-12-13-4-2-5-15-16(13)21-11-3-10-20-15/h2,4-5,7,9,17H,3,6,8,10-12H2,1H3. The summed E-state index contributed by atoms with van der Waals surface area (Å²) in [5.74, 6) is 1.75. The molecule has 0 fully saturated rings. The normalized spacial score (nSPS) is 14.0. The van der Waals surface area contributed by atoms with E-state index in [2.05, 4.69) is 16.5 Å². The third-order valence-corrected chi connectivity index (χ3v) is 3.50. The highest BCUT2D eigenvalue weighted by molar-refractivity contribution is 5.47. The Morgan fingerprint density at radius 1 is 1.24 bits per heavy atom. The van der Waals surface area contributed by atoms with E-state index in [1.54, 1.807) is 0 Å². The summed E-state index contributed by atoms with van der Waals surface area (Å²) < 4.78 is 13.4. The van der Waals surface area contributed by atoms with Gasteiger partial charge in [-0.25, -0.2) is 0 Å². The van der Waals surface area contributed by atoms with Crippen LogP contribution in [0, 0.1) is 0 Å². The van der Waals surface area contributed by atoms with Gasteiger partial charge in [0, 0.05) is 44.7 Å². The minimum Gasteiger partial charge on any atom is -0.490 e. The maximum absolute atomic E-state index is 5.82. The lowest BCUT2D eigenvalue weighted by molar-refractivity contribution is 0.296. The molecule has 3 rings (SSSR count). The molecule has 112 valence electrons. The average molecular weight is 287 g/mol. The van der Waals surface area contributed by atoms with Gasteiger partial charge in [0.15, 0.2) is 11.5 Å². The molecule has 0 bridgehead atoms. The summed E-state index contributed by atoms with van der Waals surface area (Å²) in [6.07, 6.45) is 3.83. The summed E-state index contributed by atoms with van der Waals surface area (Å²) in [4.78, 5) is 0. The highest BCUT2D eigenvalue weighted by Gasteiger charge is 2.13. The molecule has 0 saturated heterocycles. The van der Waals surface area contributed by atoms with Crippen LogP contribution >= 0.6 is 0 Å². The van der Waals surface area contributed by atoms with Gasteiger partial charge in [-0.15, -0.1) is 0 Å². The molecule has 5 heteroatoms. The Morgan fingerprint density at radius 3 is 3.00 bits per heavy atom. The predicted molar refractivity (Wildman–Crippen MR) is 80.7 cm³/mol. The second kappa shape index (κ2) is 6.63. The molecule has 0 unspecified atom stereocenters. The zero-order chi connectivity index (χ0) is 14.5. The highest BCUT2D eigenvalue weighted by Crippen LogP contribution is 2.33. The van der Waals surface area contributed by atoms with E-state index in [9.17, 15) is 0 Å². The van der Waals surface area contributed by atoms with E-state index in [1.807, 2.05) is 36.1 Å². The number of fused-ring (bicyclic) bond motifs is 1. The zero-order valence-electron chi connectivity index (χ0n) is 12.3. The summed E-state index contributed by atoms with van der Waals surface area (Å²) in [5.41, 5.74) is 2.26. The monoisotopic (exact) mass is 287 g/mol. The Hall–Kier alpha value is -2.01. The van der Waals surface area contributed by atoms with Crippen LogP contribution < -0.4 is 14.8 Å². The molecule has 2 aromatic rings. The summed E-state index contributed by atoms with van der Waals surface area (Å²) in [6.45, 7) is 3.11. The van der Waals surface area contributed by atoms with Gasteiger partial charge in [-0.05, 0) is 12.1 Å². The predicted octanol–water partition coefficient (Wildman–Crippen LogP) is 1.91. The molecular formula is C16H21N3O2. The van der Waals surface area contributed by atoms with E-state index < -0.39 is 0 Å². The van der Waals surface area contributed by atoms with Crippen molar-refractivity contribution in [3.05, 3.63) is 41.7 Å². The molecule has 21 heavy (non-hydrogen) atoms. The maximum atomic E-state index is 5.82. The number of nitrogens with one attached hydrogen (secondary N) is 1. The van der Waals surface area contributed by atoms with Crippen LogP contribution in [0.3, 0.4) is 0 Å². The first kappa shape index (κ1) is 13.9. The number of benzene rings is 1. The van der Waals surface area contributed by atoms with Gasteiger partial charge in [0.2, 0.25) is 0 Å². The fraction of sp³-hybridized carbons (Fsp3) is 0.438. The van der Waals surface area contributed by atoms with Gasteiger partial charge >= 0.3 is 0 Å². The number of aromatic nitrogens is 2. The van der Waals surface area contributed by atoms with Crippen molar-refractivity contribution in [3.63, 3.8) is 0 Å². The minimum absolute atomic E-state index is 0.720. The van der Waals surface area contributed by atoms with Gasteiger partial charge in [0.05, 0.1) is 18.9 Å². The molecule has 1 N–H and O–H groups in total. The first-order chi connectivity index (χ1) is 10.3. The molecular weight excluding hydrogens is 266 g/mol. The molecule has 0 amide bonds. The van der Waals surface area contributed by atoms with E-state index in [1.165, 1.54) is 0 Å². The number of para-hydroxylation sites is 1. The smallest absolute Gasteiger partial charge is 0.165 e. The lowest BCUT2D eigenvalue weighted by atomic mass is 10.2. The maximum Gasteiger partial charge on any atom is 0.165 e. The third-order valence-electron chi connectivity index (χ3n) is 3.50. The zero-order valence-corrected chi connectivity index (χ0v) is 12.3. The second-order valence-electron chi connectivity index (χ2n) is 5.20. The molecule has 5 nitrogen and oxygen atoms in total. The molecule has 0 atom stereocenters. The Morgan fingerprint density at radius 2 is 2.14 bits per heavy atom. The van der Waals surface area contributed by atoms with E-state index in [0.717, 1.165) is 61.9 Å². The number of nitrogens with zero attached hydrogens (tertiary/aromatic N) is 2. The van der Waals surface area contributed by atoms with Crippen LogP contribution in [0.25, 0.3) is 0 Å². The van der Waals surface area contributed by atoms with E-state index >= 15 is 0 Å². The van der Waals surface area contributed by atoms with E-state index in [4.69, 9.17) is 9.47 Å². The average Bonchev–Trinajstić information content (AvgIpc) is 2.75. The van der Waals surface area contributed by atoms with Crippen molar-refractivity contribution in [1.82, 2.24) is 15.1 Å². The number of ether oxygens (including phenoxy) is 2. The van der Waals surface area contributed by atoms with Crippen molar-refractivity contribution >= 4 is 0 Å². The van der Waals surface area contributed by atoms with Crippen LogP contribution in [-0.4, -0.2) is 29.5 Å².